The molecule has 2 amide bonds. The molecule has 0 spiro atoms. The summed E-state index contributed by atoms with van der Waals surface area (Å²) in [6, 6.07) is 10.4. The molecular formula is C29H33FN6O2. The fraction of sp³-hybridized carbons (Fsp3) is 0.379. The smallest absolute Gasteiger partial charge is 0.246 e. The van der Waals surface area contributed by atoms with Gasteiger partial charge in [0.05, 0.1) is 18.8 Å². The van der Waals surface area contributed by atoms with Crippen LogP contribution in [0.1, 0.15) is 32.4 Å². The van der Waals surface area contributed by atoms with Crippen LogP contribution in [0.3, 0.4) is 0 Å². The van der Waals surface area contributed by atoms with Gasteiger partial charge in [-0.05, 0) is 75.7 Å². The molecule has 0 unspecified atom stereocenters. The zero-order valence-corrected chi connectivity index (χ0v) is 22.0. The van der Waals surface area contributed by atoms with Crippen molar-refractivity contribution in [3.8, 4) is 22.4 Å². The average molecular weight is 517 g/mol. The summed E-state index contributed by atoms with van der Waals surface area (Å²) in [5, 5.41) is 7.79. The van der Waals surface area contributed by atoms with Crippen molar-refractivity contribution in [1.29, 1.82) is 0 Å². The van der Waals surface area contributed by atoms with E-state index < -0.39 is 0 Å². The standard InChI is InChI=1S/C29H33FN6O2/c1-19(2)34(3)14-4-5-26(37)35-15-16-36-24(18-35)27(28(33-36)20-8-10-23(30)11-9-20)22-12-13-31-25(17-22)32-29(38)21-6-7-21/h4-5,8-13,17,19,21H,6-7,14-16,18H2,1-3H3,(H,31,32,38)/b5-4+. The normalized spacial score (nSPS) is 15.4. The Morgan fingerprint density at radius 2 is 1.92 bits per heavy atom. The van der Waals surface area contributed by atoms with Crippen LogP contribution < -0.4 is 5.32 Å². The number of hydrogen-bond acceptors (Lipinski definition) is 5. The molecule has 1 aromatic carbocycles. The Hall–Kier alpha value is -3.85. The van der Waals surface area contributed by atoms with Gasteiger partial charge in [0.25, 0.3) is 0 Å². The summed E-state index contributed by atoms with van der Waals surface area (Å²) < 4.78 is 15.6. The number of carbonyl (C=O) groups is 2. The van der Waals surface area contributed by atoms with Crippen LogP contribution >= 0.6 is 0 Å². The maximum Gasteiger partial charge on any atom is 0.246 e. The summed E-state index contributed by atoms with van der Waals surface area (Å²) in [7, 11) is 2.03. The topological polar surface area (TPSA) is 83.4 Å². The minimum Gasteiger partial charge on any atom is -0.331 e. The van der Waals surface area contributed by atoms with Crippen LogP contribution in [0.15, 0.2) is 54.7 Å². The number of fused-ring (bicyclic) bond motifs is 1. The average Bonchev–Trinajstić information content (AvgIpc) is 3.69. The lowest BCUT2D eigenvalue weighted by Crippen LogP contribution is -2.37. The van der Waals surface area contributed by atoms with Crippen molar-refractivity contribution in [2.75, 3.05) is 25.5 Å². The Morgan fingerprint density at radius 1 is 1.16 bits per heavy atom. The molecule has 0 saturated heterocycles. The predicted octanol–water partition coefficient (Wildman–Crippen LogP) is 4.34. The first-order valence-corrected chi connectivity index (χ1v) is 13.1. The zero-order chi connectivity index (χ0) is 26.8. The van der Waals surface area contributed by atoms with E-state index in [1.807, 2.05) is 34.8 Å². The van der Waals surface area contributed by atoms with Crippen molar-refractivity contribution in [2.24, 2.45) is 5.92 Å². The van der Waals surface area contributed by atoms with E-state index in [9.17, 15) is 14.0 Å². The van der Waals surface area contributed by atoms with Crippen LogP contribution in [0.4, 0.5) is 10.2 Å². The van der Waals surface area contributed by atoms with E-state index in [1.54, 1.807) is 24.4 Å². The summed E-state index contributed by atoms with van der Waals surface area (Å²) in [6.45, 7) is 6.40. The number of hydrogen-bond donors (Lipinski definition) is 1. The van der Waals surface area contributed by atoms with Crippen LogP contribution in [0.5, 0.6) is 0 Å². The number of carbonyl (C=O) groups excluding carboxylic acids is 2. The molecule has 38 heavy (non-hydrogen) atoms. The highest BCUT2D eigenvalue weighted by atomic mass is 19.1. The van der Waals surface area contributed by atoms with Gasteiger partial charge in [0.1, 0.15) is 17.3 Å². The van der Waals surface area contributed by atoms with Crippen molar-refractivity contribution in [2.45, 2.75) is 45.8 Å². The summed E-state index contributed by atoms with van der Waals surface area (Å²) in [5.41, 5.74) is 4.05. The zero-order valence-electron chi connectivity index (χ0n) is 22.0. The fourth-order valence-corrected chi connectivity index (χ4v) is 4.48. The number of likely N-dealkylation sites (N-methyl/N-ethyl adjacent to an activating group) is 1. The van der Waals surface area contributed by atoms with E-state index in [2.05, 4.69) is 29.0 Å². The second-order valence-corrected chi connectivity index (χ2v) is 10.3. The van der Waals surface area contributed by atoms with Crippen LogP contribution in [-0.2, 0) is 22.7 Å². The Balaban J connectivity index is 1.47. The Labute approximate surface area is 222 Å². The molecule has 1 aliphatic carbocycles. The monoisotopic (exact) mass is 516 g/mol. The third-order valence-corrected chi connectivity index (χ3v) is 7.19. The number of rotatable bonds is 8. The molecule has 1 saturated carbocycles. The minimum absolute atomic E-state index is 0.0166. The minimum atomic E-state index is -0.320. The van der Waals surface area contributed by atoms with Gasteiger partial charge in [0.2, 0.25) is 11.8 Å². The first-order chi connectivity index (χ1) is 18.3. The summed E-state index contributed by atoms with van der Waals surface area (Å²) in [5.74, 6) is 0.158. The quantitative estimate of drug-likeness (QED) is 0.451. The Bertz CT molecular complexity index is 1360. The number of nitrogens with zero attached hydrogens (tertiary/aromatic N) is 5. The van der Waals surface area contributed by atoms with Gasteiger partial charge in [-0.3, -0.25) is 14.3 Å². The van der Waals surface area contributed by atoms with Gasteiger partial charge in [-0.25, -0.2) is 9.37 Å². The van der Waals surface area contributed by atoms with E-state index in [0.29, 0.717) is 43.7 Å². The molecule has 198 valence electrons. The first kappa shape index (κ1) is 25.8. The molecule has 1 fully saturated rings. The molecule has 2 aromatic heterocycles. The number of nitrogens with one attached hydrogen (secondary N) is 1. The fourth-order valence-electron chi connectivity index (χ4n) is 4.48. The highest BCUT2D eigenvalue weighted by Crippen LogP contribution is 2.37. The van der Waals surface area contributed by atoms with Gasteiger partial charge in [0, 0.05) is 48.4 Å². The van der Waals surface area contributed by atoms with Crippen LogP contribution in [-0.4, -0.2) is 62.6 Å². The van der Waals surface area contributed by atoms with Crippen LogP contribution in [0, 0.1) is 11.7 Å². The van der Waals surface area contributed by atoms with Gasteiger partial charge in [-0.2, -0.15) is 5.10 Å². The van der Waals surface area contributed by atoms with E-state index in [0.717, 1.165) is 35.2 Å². The number of amides is 2. The third kappa shape index (κ3) is 5.67. The molecule has 0 bridgehead atoms. The molecule has 9 heteroatoms. The number of anilines is 1. The Kier molecular flexibility index (Phi) is 7.37. The van der Waals surface area contributed by atoms with E-state index in [-0.39, 0.29) is 23.5 Å². The lowest BCUT2D eigenvalue weighted by molar-refractivity contribution is -0.127. The van der Waals surface area contributed by atoms with E-state index >= 15 is 0 Å². The van der Waals surface area contributed by atoms with Crippen molar-refractivity contribution >= 4 is 17.6 Å². The first-order valence-electron chi connectivity index (χ1n) is 13.1. The summed E-state index contributed by atoms with van der Waals surface area (Å²) in [4.78, 5) is 33.7. The van der Waals surface area contributed by atoms with Gasteiger partial charge in [-0.1, -0.05) is 6.08 Å². The number of halogens is 1. The molecule has 1 N–H and O–H groups in total. The molecule has 2 aliphatic rings. The number of pyridine rings is 1. The number of aromatic nitrogens is 3. The second-order valence-electron chi connectivity index (χ2n) is 10.3. The predicted molar refractivity (Wildman–Crippen MR) is 145 cm³/mol. The maximum atomic E-state index is 13.7. The van der Waals surface area contributed by atoms with Crippen molar-refractivity contribution in [1.82, 2.24) is 24.6 Å². The lowest BCUT2D eigenvalue weighted by atomic mass is 9.98. The molecule has 8 nitrogen and oxygen atoms in total. The molecule has 1 aliphatic heterocycles. The summed E-state index contributed by atoms with van der Waals surface area (Å²) in [6.07, 6.45) is 7.02. The Morgan fingerprint density at radius 3 is 2.63 bits per heavy atom. The van der Waals surface area contributed by atoms with Gasteiger partial charge in [0.15, 0.2) is 0 Å². The van der Waals surface area contributed by atoms with Crippen LogP contribution in [0.2, 0.25) is 0 Å². The van der Waals surface area contributed by atoms with Gasteiger partial charge in [-0.15, -0.1) is 0 Å². The van der Waals surface area contributed by atoms with Crippen molar-refractivity contribution in [3.05, 3.63) is 66.3 Å². The highest BCUT2D eigenvalue weighted by Gasteiger charge is 2.30. The number of benzene rings is 1. The lowest BCUT2D eigenvalue weighted by Gasteiger charge is -2.27. The van der Waals surface area contributed by atoms with Crippen LogP contribution in [0.25, 0.3) is 22.4 Å². The van der Waals surface area contributed by atoms with Gasteiger partial charge < -0.3 is 15.1 Å². The molecule has 3 heterocycles. The molecule has 0 atom stereocenters. The molecule has 0 radical (unpaired) electrons. The van der Waals surface area contributed by atoms with E-state index in [4.69, 9.17) is 5.10 Å². The summed E-state index contributed by atoms with van der Waals surface area (Å²) >= 11 is 0. The van der Waals surface area contributed by atoms with Crippen molar-refractivity contribution < 1.29 is 14.0 Å². The highest BCUT2D eigenvalue weighted by molar-refractivity contribution is 5.94. The SMILES string of the molecule is CC(C)N(C)C/C=C/C(=O)N1CCn2nc(-c3ccc(F)cc3)c(-c3ccnc(NC(=O)C4CC4)c3)c2C1. The molecule has 3 aromatic rings. The molecular weight excluding hydrogens is 483 g/mol. The van der Waals surface area contributed by atoms with E-state index in [1.165, 1.54) is 12.1 Å². The molecule has 5 rings (SSSR count). The largest absolute Gasteiger partial charge is 0.331 e. The second kappa shape index (κ2) is 10.9. The van der Waals surface area contributed by atoms with Gasteiger partial charge >= 0.3 is 0 Å². The third-order valence-electron chi connectivity index (χ3n) is 7.19. The maximum absolute atomic E-state index is 13.7. The van der Waals surface area contributed by atoms with Crippen molar-refractivity contribution in [3.63, 3.8) is 0 Å².